The van der Waals surface area contributed by atoms with Gasteiger partial charge in [0.2, 0.25) is 0 Å². The highest BCUT2D eigenvalue weighted by molar-refractivity contribution is 6.06. The van der Waals surface area contributed by atoms with Crippen LogP contribution < -0.4 is 15.5 Å². The van der Waals surface area contributed by atoms with Crippen molar-refractivity contribution in [2.24, 2.45) is 11.8 Å². The highest BCUT2D eigenvalue weighted by atomic mass is 16.6. The third kappa shape index (κ3) is 10.7. The fourth-order valence-corrected chi connectivity index (χ4v) is 7.54. The van der Waals surface area contributed by atoms with Crippen LogP contribution in [0.3, 0.4) is 0 Å². The fraction of sp³-hybridized carbons (Fsp3) is 0.409. The number of fused-ring (bicyclic) bond motifs is 1. The zero-order chi connectivity index (χ0) is 40.7. The van der Waals surface area contributed by atoms with Crippen LogP contribution in [0.4, 0.5) is 21.0 Å². The normalized spacial score (nSPS) is 18.7. The Morgan fingerprint density at radius 3 is 2.49 bits per heavy atom. The SMILES string of the molecule is COC(=O)N[C@@H]1[C@H](CC(=O)OC(C)(C)C)CN(c2ccncc2CC(=O)c2nc3cc(C4=CCN(C)CC4)ccc3cc2NC(=O)OCc2ccccc2)C[C@@H]1C. The van der Waals surface area contributed by atoms with E-state index in [1.807, 2.05) is 82.3 Å². The summed E-state index contributed by atoms with van der Waals surface area (Å²) in [6.07, 6.45) is 5.15. The lowest BCUT2D eigenvalue weighted by Crippen LogP contribution is -2.56. The van der Waals surface area contributed by atoms with Gasteiger partial charge in [-0.25, -0.2) is 14.6 Å². The van der Waals surface area contributed by atoms with Crippen LogP contribution >= 0.6 is 0 Å². The van der Waals surface area contributed by atoms with Crippen LogP contribution in [0.25, 0.3) is 16.5 Å². The van der Waals surface area contributed by atoms with E-state index in [-0.39, 0.29) is 60.5 Å². The van der Waals surface area contributed by atoms with Gasteiger partial charge < -0.3 is 29.3 Å². The van der Waals surface area contributed by atoms with Crippen molar-refractivity contribution in [3.63, 3.8) is 0 Å². The number of amides is 2. The summed E-state index contributed by atoms with van der Waals surface area (Å²) in [5.74, 6) is -1.12. The number of rotatable bonds is 11. The molecule has 2 aromatic heterocycles. The summed E-state index contributed by atoms with van der Waals surface area (Å²) >= 11 is 0. The van der Waals surface area contributed by atoms with E-state index in [0.717, 1.165) is 41.7 Å². The summed E-state index contributed by atoms with van der Waals surface area (Å²) in [6.45, 7) is 10.2. The van der Waals surface area contributed by atoms with E-state index >= 15 is 0 Å². The Balaban J connectivity index is 1.29. The topological polar surface area (TPSA) is 152 Å². The number of methoxy groups -OCH3 is 1. The second-order valence-corrected chi connectivity index (χ2v) is 15.9. The standard InChI is InChI=1S/C44H52N6O7/c1-28-25-50(26-34(40(28)48-42(53)55-6)23-39(52)57-44(2,3)4)37-14-17-45-24-33(37)22-38(51)41-36(47-43(54)56-27-29-10-8-7-9-11-29)21-32-13-12-31(20-35(32)46-41)30-15-18-49(5)19-16-30/h7-15,17,20-21,24,28,34,40H,16,18-19,22-23,25-27H2,1-6H3,(H,47,54)(H,48,53)/t28-,34+,40-/m0/s1. The molecule has 0 radical (unpaired) electrons. The van der Waals surface area contributed by atoms with Crippen molar-refractivity contribution in [2.45, 2.75) is 65.2 Å². The van der Waals surface area contributed by atoms with Gasteiger partial charge in [-0.05, 0) is 75.1 Å². The lowest BCUT2D eigenvalue weighted by molar-refractivity contribution is -0.156. The zero-order valence-corrected chi connectivity index (χ0v) is 33.5. The molecule has 2 aromatic carbocycles. The first kappa shape index (κ1) is 40.8. The molecule has 300 valence electrons. The molecule has 0 bridgehead atoms. The van der Waals surface area contributed by atoms with Crippen molar-refractivity contribution >= 4 is 51.8 Å². The number of nitrogens with one attached hydrogen (secondary N) is 2. The van der Waals surface area contributed by atoms with Crippen LogP contribution in [0.2, 0.25) is 0 Å². The van der Waals surface area contributed by atoms with Crippen LogP contribution in [-0.4, -0.2) is 90.8 Å². The number of alkyl carbamates (subject to hydrolysis) is 1. The zero-order valence-electron chi connectivity index (χ0n) is 33.5. The average molecular weight is 777 g/mol. The molecule has 2 amide bonds. The largest absolute Gasteiger partial charge is 0.460 e. The third-order valence-electron chi connectivity index (χ3n) is 10.3. The number of anilines is 2. The van der Waals surface area contributed by atoms with Crippen molar-refractivity contribution in [3.8, 4) is 0 Å². The first-order valence-electron chi connectivity index (χ1n) is 19.3. The van der Waals surface area contributed by atoms with E-state index in [4.69, 9.17) is 19.2 Å². The Labute approximate surface area is 333 Å². The molecule has 6 rings (SSSR count). The summed E-state index contributed by atoms with van der Waals surface area (Å²) in [5, 5.41) is 6.49. The van der Waals surface area contributed by atoms with Crippen molar-refractivity contribution in [1.82, 2.24) is 20.2 Å². The number of ketones is 1. The van der Waals surface area contributed by atoms with E-state index in [2.05, 4.69) is 38.5 Å². The molecule has 0 aliphatic carbocycles. The predicted molar refractivity (Wildman–Crippen MR) is 219 cm³/mol. The van der Waals surface area contributed by atoms with Gasteiger partial charge in [-0.3, -0.25) is 19.9 Å². The second-order valence-electron chi connectivity index (χ2n) is 15.9. The molecule has 3 atom stereocenters. The van der Waals surface area contributed by atoms with Crippen molar-refractivity contribution in [2.75, 3.05) is 50.6 Å². The molecular formula is C44H52N6O7. The number of aromatic nitrogens is 2. The molecule has 2 aliphatic heterocycles. The van der Waals surface area contributed by atoms with Crippen LogP contribution in [0.5, 0.6) is 0 Å². The number of esters is 1. The molecule has 1 saturated heterocycles. The van der Waals surface area contributed by atoms with Gasteiger partial charge in [0.05, 0.1) is 24.7 Å². The molecule has 13 heteroatoms. The number of piperidine rings is 1. The third-order valence-corrected chi connectivity index (χ3v) is 10.3. The second kappa shape index (κ2) is 18.0. The molecule has 0 saturated carbocycles. The Bertz CT molecular complexity index is 2130. The number of hydrogen-bond donors (Lipinski definition) is 2. The summed E-state index contributed by atoms with van der Waals surface area (Å²) in [5.41, 5.74) is 4.80. The van der Waals surface area contributed by atoms with E-state index in [0.29, 0.717) is 24.2 Å². The van der Waals surface area contributed by atoms with Gasteiger partial charge in [0.15, 0.2) is 5.78 Å². The van der Waals surface area contributed by atoms with E-state index in [1.54, 1.807) is 18.5 Å². The van der Waals surface area contributed by atoms with Gasteiger partial charge in [0, 0.05) is 73.6 Å². The molecule has 0 unspecified atom stereocenters. The molecule has 4 heterocycles. The Hall–Kier alpha value is -5.82. The maximum Gasteiger partial charge on any atom is 0.412 e. The molecular weight excluding hydrogens is 725 g/mol. The fourth-order valence-electron chi connectivity index (χ4n) is 7.54. The molecule has 2 N–H and O–H groups in total. The lowest BCUT2D eigenvalue weighted by atomic mass is 9.82. The Morgan fingerprint density at radius 2 is 1.77 bits per heavy atom. The number of ether oxygens (including phenoxy) is 3. The number of benzene rings is 2. The number of likely N-dealkylation sites (N-methyl/N-ethyl adjacent to an activating group) is 1. The number of nitrogens with zero attached hydrogens (tertiary/aromatic N) is 4. The summed E-state index contributed by atoms with van der Waals surface area (Å²) < 4.78 is 16.1. The highest BCUT2D eigenvalue weighted by Crippen LogP contribution is 2.33. The van der Waals surface area contributed by atoms with Gasteiger partial charge in [0.1, 0.15) is 17.9 Å². The highest BCUT2D eigenvalue weighted by Gasteiger charge is 2.38. The van der Waals surface area contributed by atoms with Crippen molar-refractivity contribution < 1.29 is 33.4 Å². The minimum absolute atomic E-state index is 0.0584. The van der Waals surface area contributed by atoms with E-state index in [9.17, 15) is 19.2 Å². The number of hydrogen-bond acceptors (Lipinski definition) is 11. The number of carbonyl (C=O) groups excluding carboxylic acids is 4. The predicted octanol–water partition coefficient (Wildman–Crippen LogP) is 7.05. The minimum Gasteiger partial charge on any atom is -0.460 e. The Kier molecular flexibility index (Phi) is 12.9. The van der Waals surface area contributed by atoms with Crippen LogP contribution in [0.1, 0.15) is 67.7 Å². The van der Waals surface area contributed by atoms with Gasteiger partial charge >= 0.3 is 18.2 Å². The van der Waals surface area contributed by atoms with Crippen LogP contribution in [0, 0.1) is 11.8 Å². The molecule has 1 fully saturated rings. The molecule has 4 aromatic rings. The number of pyridine rings is 2. The van der Waals surface area contributed by atoms with Gasteiger partial charge in [-0.15, -0.1) is 0 Å². The summed E-state index contributed by atoms with van der Waals surface area (Å²) in [7, 11) is 3.40. The minimum atomic E-state index is -0.710. The lowest BCUT2D eigenvalue weighted by Gasteiger charge is -2.44. The van der Waals surface area contributed by atoms with E-state index in [1.165, 1.54) is 12.7 Å². The summed E-state index contributed by atoms with van der Waals surface area (Å²) in [4.78, 5) is 66.8. The van der Waals surface area contributed by atoms with E-state index < -0.39 is 17.8 Å². The number of carbonyl (C=O) groups is 4. The Morgan fingerprint density at radius 1 is 0.982 bits per heavy atom. The number of Topliss-reactive ketones (excluding diaryl/α,β-unsaturated/α-hetero) is 1. The monoisotopic (exact) mass is 776 g/mol. The van der Waals surface area contributed by atoms with Gasteiger partial charge in [-0.1, -0.05) is 55.5 Å². The molecule has 13 nitrogen and oxygen atoms in total. The van der Waals surface area contributed by atoms with Crippen molar-refractivity contribution in [1.29, 1.82) is 0 Å². The van der Waals surface area contributed by atoms with Gasteiger partial charge in [0.25, 0.3) is 0 Å². The van der Waals surface area contributed by atoms with Crippen LogP contribution in [-0.2, 0) is 32.0 Å². The van der Waals surface area contributed by atoms with Crippen molar-refractivity contribution in [3.05, 3.63) is 102 Å². The first-order chi connectivity index (χ1) is 27.3. The molecule has 57 heavy (non-hydrogen) atoms. The quantitative estimate of drug-likeness (QED) is 0.0916. The average Bonchev–Trinajstić information content (AvgIpc) is 3.18. The molecule has 2 aliphatic rings. The maximum atomic E-state index is 14.5. The maximum absolute atomic E-state index is 14.5. The first-order valence-corrected chi connectivity index (χ1v) is 19.3. The van der Waals surface area contributed by atoms with Crippen LogP contribution in [0.15, 0.2) is 79.1 Å². The summed E-state index contributed by atoms with van der Waals surface area (Å²) in [6, 6.07) is 18.6. The van der Waals surface area contributed by atoms with Gasteiger partial charge in [-0.2, -0.15) is 0 Å². The molecule has 0 spiro atoms. The smallest absolute Gasteiger partial charge is 0.412 e.